The summed E-state index contributed by atoms with van der Waals surface area (Å²) in [7, 11) is -3.67. The molecule has 150 valence electrons. The fraction of sp³-hybridized carbons (Fsp3) is 0.304. The number of aliphatic hydroxyl groups excluding tert-OH is 1. The van der Waals surface area contributed by atoms with E-state index in [-0.39, 0.29) is 19.3 Å². The normalized spacial score (nSPS) is 20.6. The Hall–Kier alpha value is -2.41. The van der Waals surface area contributed by atoms with Gasteiger partial charge in [0, 0.05) is 5.39 Å². The Morgan fingerprint density at radius 3 is 2.72 bits per heavy atom. The zero-order valence-electron chi connectivity index (χ0n) is 16.0. The van der Waals surface area contributed by atoms with E-state index >= 15 is 0 Å². The molecule has 0 radical (unpaired) electrons. The summed E-state index contributed by atoms with van der Waals surface area (Å²) in [6.07, 6.45) is 2.05. The molecule has 3 aromatic carbocycles. The molecule has 0 aromatic heterocycles. The van der Waals surface area contributed by atoms with Crippen LogP contribution in [0.2, 0.25) is 0 Å². The van der Waals surface area contributed by atoms with E-state index in [1.54, 1.807) is 18.2 Å². The van der Waals surface area contributed by atoms with Crippen molar-refractivity contribution in [3.8, 4) is 0 Å². The van der Waals surface area contributed by atoms with Crippen LogP contribution >= 0.6 is 0 Å². The minimum Gasteiger partial charge on any atom is -0.389 e. The van der Waals surface area contributed by atoms with Gasteiger partial charge in [0.25, 0.3) is 10.0 Å². The molecule has 1 aliphatic heterocycles. The first-order valence-corrected chi connectivity index (χ1v) is 11.4. The summed E-state index contributed by atoms with van der Waals surface area (Å²) in [4.78, 5) is 0.305. The van der Waals surface area contributed by atoms with Gasteiger partial charge >= 0.3 is 0 Å². The van der Waals surface area contributed by atoms with E-state index < -0.39 is 16.1 Å². The molecule has 3 aromatic rings. The van der Waals surface area contributed by atoms with Crippen molar-refractivity contribution in [1.29, 1.82) is 0 Å². The van der Waals surface area contributed by atoms with Gasteiger partial charge in [-0.2, -0.15) is 0 Å². The average Bonchev–Trinajstić information content (AvgIpc) is 2.95. The third-order valence-corrected chi connectivity index (χ3v) is 7.68. The number of ether oxygens (including phenoxy) is 1. The number of sulfonamides is 1. The quantitative estimate of drug-likeness (QED) is 0.696. The molecule has 1 heterocycles. The molecule has 0 unspecified atom stereocenters. The number of benzene rings is 3. The highest BCUT2D eigenvalue weighted by Gasteiger charge is 2.36. The number of fused-ring (bicyclic) bond motifs is 1. The summed E-state index contributed by atoms with van der Waals surface area (Å²) < 4.78 is 33.4. The Bertz CT molecular complexity index is 1170. The van der Waals surface area contributed by atoms with Gasteiger partial charge in [-0.15, -0.1) is 0 Å². The van der Waals surface area contributed by atoms with Gasteiger partial charge < -0.3 is 9.84 Å². The number of nitrogens with zero attached hydrogens (tertiary/aromatic N) is 1. The Balaban J connectivity index is 1.33. The number of anilines is 1. The molecule has 0 spiro atoms. The van der Waals surface area contributed by atoms with Gasteiger partial charge in [-0.05, 0) is 47.9 Å². The minimum atomic E-state index is -3.67. The van der Waals surface area contributed by atoms with Crippen molar-refractivity contribution in [2.24, 2.45) is 0 Å². The second kappa shape index (κ2) is 7.13. The summed E-state index contributed by atoms with van der Waals surface area (Å²) in [5.74, 6) is 0. The first kappa shape index (κ1) is 18.6. The van der Waals surface area contributed by atoms with Crippen LogP contribution in [0.4, 0.5) is 5.69 Å². The van der Waals surface area contributed by atoms with E-state index in [0.29, 0.717) is 10.6 Å². The zero-order chi connectivity index (χ0) is 20.0. The second-order valence-electron chi connectivity index (χ2n) is 7.73. The smallest absolute Gasteiger partial charge is 0.265 e. The van der Waals surface area contributed by atoms with Crippen molar-refractivity contribution in [2.45, 2.75) is 36.4 Å². The Morgan fingerprint density at radius 1 is 1.07 bits per heavy atom. The van der Waals surface area contributed by atoms with Crippen molar-refractivity contribution in [1.82, 2.24) is 0 Å². The van der Waals surface area contributed by atoms with Crippen LogP contribution < -0.4 is 4.31 Å². The molecule has 5 nitrogen and oxygen atoms in total. The second-order valence-corrected chi connectivity index (χ2v) is 9.57. The monoisotopic (exact) mass is 409 g/mol. The lowest BCUT2D eigenvalue weighted by Crippen LogP contribution is -2.37. The topological polar surface area (TPSA) is 66.8 Å². The number of hydrogen-bond donors (Lipinski definition) is 1. The van der Waals surface area contributed by atoms with Gasteiger partial charge in [0.2, 0.25) is 0 Å². The molecule has 0 saturated heterocycles. The van der Waals surface area contributed by atoms with Crippen molar-refractivity contribution < 1.29 is 18.3 Å². The molecule has 1 aliphatic carbocycles. The predicted molar refractivity (Wildman–Crippen MR) is 113 cm³/mol. The third kappa shape index (κ3) is 3.12. The molecule has 5 rings (SSSR count). The molecule has 1 N–H and O–H groups in total. The van der Waals surface area contributed by atoms with E-state index in [1.165, 1.54) is 15.4 Å². The van der Waals surface area contributed by atoms with Gasteiger partial charge in [0.15, 0.2) is 0 Å². The van der Waals surface area contributed by atoms with Crippen LogP contribution in [-0.4, -0.2) is 32.8 Å². The lowest BCUT2D eigenvalue weighted by Gasteiger charge is -2.28. The van der Waals surface area contributed by atoms with Crippen LogP contribution in [0, 0.1) is 0 Å². The Labute approximate surface area is 170 Å². The highest BCUT2D eigenvalue weighted by molar-refractivity contribution is 7.93. The van der Waals surface area contributed by atoms with Crippen LogP contribution in [0.5, 0.6) is 0 Å². The molecule has 0 fully saturated rings. The number of aliphatic hydroxyl groups is 1. The van der Waals surface area contributed by atoms with Crippen LogP contribution in [0.3, 0.4) is 0 Å². The highest BCUT2D eigenvalue weighted by Crippen LogP contribution is 2.42. The van der Waals surface area contributed by atoms with Crippen LogP contribution in [0.1, 0.15) is 30.1 Å². The van der Waals surface area contributed by atoms with E-state index in [9.17, 15) is 13.5 Å². The Morgan fingerprint density at radius 2 is 1.86 bits per heavy atom. The maximum Gasteiger partial charge on any atom is 0.265 e. The van der Waals surface area contributed by atoms with Crippen LogP contribution in [0.25, 0.3) is 10.8 Å². The lowest BCUT2D eigenvalue weighted by atomic mass is 9.89. The van der Waals surface area contributed by atoms with E-state index in [0.717, 1.165) is 30.0 Å². The zero-order valence-corrected chi connectivity index (χ0v) is 16.8. The molecule has 2 aliphatic rings. The summed E-state index contributed by atoms with van der Waals surface area (Å²) in [5, 5.41) is 12.2. The van der Waals surface area contributed by atoms with E-state index in [4.69, 9.17) is 4.74 Å². The molecule has 0 bridgehead atoms. The van der Waals surface area contributed by atoms with Crippen molar-refractivity contribution in [2.75, 3.05) is 17.5 Å². The van der Waals surface area contributed by atoms with Crippen LogP contribution in [-0.2, 0) is 21.2 Å². The molecule has 0 amide bonds. The molecular weight excluding hydrogens is 386 g/mol. The van der Waals surface area contributed by atoms with Gasteiger partial charge in [-0.1, -0.05) is 48.5 Å². The third-order valence-electron chi connectivity index (χ3n) is 5.86. The Kier molecular flexibility index (Phi) is 4.57. The fourth-order valence-electron chi connectivity index (χ4n) is 4.51. The maximum atomic E-state index is 13.0. The summed E-state index contributed by atoms with van der Waals surface area (Å²) in [5.41, 5.74) is 3.10. The van der Waals surface area contributed by atoms with Gasteiger partial charge in [0.05, 0.1) is 35.9 Å². The highest BCUT2D eigenvalue weighted by atomic mass is 32.2. The molecule has 6 heteroatoms. The summed E-state index contributed by atoms with van der Waals surface area (Å²) in [6, 6.07) is 19.1. The van der Waals surface area contributed by atoms with Gasteiger partial charge in [0.1, 0.15) is 0 Å². The predicted octanol–water partition coefficient (Wildman–Crippen LogP) is 3.80. The number of β-amino-alcohol motifs (C(OH)–C–C–N with tert-alkyl or cyclic N) is 1. The lowest BCUT2D eigenvalue weighted by molar-refractivity contribution is -0.0137. The van der Waals surface area contributed by atoms with Crippen molar-refractivity contribution >= 4 is 26.5 Å². The number of aryl methyl sites for hydroxylation is 1. The molecular formula is C23H23NO4S. The maximum absolute atomic E-state index is 13.0. The van der Waals surface area contributed by atoms with Crippen molar-refractivity contribution in [3.63, 3.8) is 0 Å². The molecule has 2 atom stereocenters. The van der Waals surface area contributed by atoms with Gasteiger partial charge in [-0.25, -0.2) is 8.42 Å². The fourth-order valence-corrected chi connectivity index (χ4v) is 6.26. The average molecular weight is 410 g/mol. The number of rotatable bonds is 5. The summed E-state index contributed by atoms with van der Waals surface area (Å²) >= 11 is 0. The first-order valence-electron chi connectivity index (χ1n) is 9.97. The molecule has 29 heavy (non-hydrogen) atoms. The largest absolute Gasteiger partial charge is 0.389 e. The standard InChI is InChI=1S/C23H23NO4S/c25-18(15-28-21-12-4-7-16-6-1-2-10-19(16)21)14-24-20-11-3-8-17-9-5-13-22(23(17)20)29(24,26)27/h1-3,5-6,8-11,13,18,21,25H,4,7,12,14-15H2/t18-,21-/m0/s1. The van der Waals surface area contributed by atoms with Gasteiger partial charge in [-0.3, -0.25) is 4.31 Å². The minimum absolute atomic E-state index is 0.0233. The summed E-state index contributed by atoms with van der Waals surface area (Å²) in [6.45, 7) is 0.0713. The first-order chi connectivity index (χ1) is 14.1. The van der Waals surface area contributed by atoms with Crippen LogP contribution in [0.15, 0.2) is 65.6 Å². The van der Waals surface area contributed by atoms with Crippen molar-refractivity contribution in [3.05, 3.63) is 71.8 Å². The van der Waals surface area contributed by atoms with E-state index in [1.807, 2.05) is 30.3 Å². The SMILES string of the molecule is O=S1(=O)c2cccc3cccc(c23)N1C[C@H](O)CO[C@H]1CCCc2ccccc21. The molecule has 0 saturated carbocycles. The number of hydrogen-bond acceptors (Lipinski definition) is 4. The van der Waals surface area contributed by atoms with E-state index in [2.05, 4.69) is 12.1 Å².